The minimum Gasteiger partial charge on any atom is -0.493 e. The Morgan fingerprint density at radius 1 is 1.33 bits per heavy atom. The topological polar surface area (TPSA) is 69.2 Å². The minimum absolute atomic E-state index is 0.0465. The average Bonchev–Trinajstić information content (AvgIpc) is 3.16. The Balaban J connectivity index is 1.92. The molecule has 1 atom stereocenters. The maximum atomic E-state index is 12.1. The van der Waals surface area contributed by atoms with E-state index in [1.165, 1.54) is 20.4 Å². The van der Waals surface area contributed by atoms with Crippen LogP contribution in [0.5, 0.6) is 11.5 Å². The molecule has 0 aliphatic heterocycles. The Morgan fingerprint density at radius 2 is 2.11 bits per heavy atom. The summed E-state index contributed by atoms with van der Waals surface area (Å²) < 4.78 is 10.4. The summed E-state index contributed by atoms with van der Waals surface area (Å²) in [6.45, 7) is 3.95. The fourth-order valence-corrected chi connectivity index (χ4v) is 3.70. The third-order valence-corrected chi connectivity index (χ3v) is 5.00. The second-order valence-electron chi connectivity index (χ2n) is 6.05. The minimum atomic E-state index is -0.232. The lowest BCUT2D eigenvalue weighted by atomic mass is 10.0. The molecule has 1 N–H and O–H groups in total. The van der Waals surface area contributed by atoms with Crippen molar-refractivity contribution < 1.29 is 19.1 Å². The highest BCUT2D eigenvalue weighted by Gasteiger charge is 2.19. The van der Waals surface area contributed by atoms with Crippen molar-refractivity contribution in [2.75, 3.05) is 20.8 Å². The normalized spacial score (nSPS) is 12.2. The van der Waals surface area contributed by atoms with Crippen molar-refractivity contribution in [1.82, 2.24) is 5.32 Å². The van der Waals surface area contributed by atoms with Gasteiger partial charge < -0.3 is 19.6 Å². The number of ether oxygens (including phenoxy) is 2. The van der Waals surface area contributed by atoms with E-state index in [4.69, 9.17) is 25.9 Å². The molecule has 1 heterocycles. The van der Waals surface area contributed by atoms with Gasteiger partial charge in [-0.05, 0) is 29.5 Å². The fraction of sp³-hybridized carbons (Fsp3) is 0.368. The maximum Gasteiger partial charge on any atom is 0.261 e. The molecule has 8 heteroatoms. The molecule has 0 spiro atoms. The van der Waals surface area contributed by atoms with Gasteiger partial charge >= 0.3 is 0 Å². The molecular weight excluding hydrogens is 388 g/mol. The molecule has 1 aromatic heterocycles. The number of rotatable bonds is 9. The number of hydrogen-bond donors (Lipinski definition) is 1. The highest BCUT2D eigenvalue weighted by atomic mass is 35.5. The van der Waals surface area contributed by atoms with E-state index in [1.54, 1.807) is 23.5 Å². The van der Waals surface area contributed by atoms with Crippen LogP contribution in [0.25, 0.3) is 0 Å². The summed E-state index contributed by atoms with van der Waals surface area (Å²) in [5, 5.41) is 9.19. The molecule has 1 unspecified atom stereocenters. The molecule has 2 rings (SSSR count). The third-order valence-electron chi connectivity index (χ3n) is 3.76. The van der Waals surface area contributed by atoms with Crippen LogP contribution in [0.4, 0.5) is 0 Å². The number of benzene rings is 1. The van der Waals surface area contributed by atoms with E-state index in [1.807, 2.05) is 17.5 Å². The molecule has 0 aliphatic carbocycles. The Bertz CT molecular complexity index is 778. The predicted molar refractivity (Wildman–Crippen MR) is 108 cm³/mol. The second-order valence-corrected chi connectivity index (χ2v) is 7.44. The summed E-state index contributed by atoms with van der Waals surface area (Å²) in [7, 11) is 3.04. The van der Waals surface area contributed by atoms with E-state index in [0.29, 0.717) is 22.1 Å². The van der Waals surface area contributed by atoms with Crippen molar-refractivity contribution in [1.29, 1.82) is 0 Å². The summed E-state index contributed by atoms with van der Waals surface area (Å²) in [6.07, 6.45) is 1.46. The number of nitrogens with one attached hydrogen (secondary N) is 1. The van der Waals surface area contributed by atoms with Crippen LogP contribution in [-0.4, -0.2) is 32.9 Å². The molecule has 0 saturated carbocycles. The van der Waals surface area contributed by atoms with Gasteiger partial charge in [-0.1, -0.05) is 36.7 Å². The Hall–Kier alpha value is -2.25. The highest BCUT2D eigenvalue weighted by molar-refractivity contribution is 7.10. The average molecular weight is 411 g/mol. The molecule has 0 aliphatic rings. The zero-order chi connectivity index (χ0) is 19.8. The van der Waals surface area contributed by atoms with Crippen LogP contribution in [-0.2, 0) is 9.63 Å². The number of amides is 1. The molecule has 1 amide bonds. The van der Waals surface area contributed by atoms with Gasteiger partial charge in [0.15, 0.2) is 18.1 Å². The second kappa shape index (κ2) is 10.2. The Kier molecular flexibility index (Phi) is 7.94. The summed E-state index contributed by atoms with van der Waals surface area (Å²) in [4.78, 5) is 18.4. The Morgan fingerprint density at radius 3 is 2.70 bits per heavy atom. The summed E-state index contributed by atoms with van der Waals surface area (Å²) in [5.74, 6) is 0.972. The number of carbonyl (C=O) groups excluding carboxylic acids is 1. The number of nitrogens with zero attached hydrogens (tertiary/aromatic N) is 1. The van der Waals surface area contributed by atoms with Crippen LogP contribution in [0.2, 0.25) is 5.02 Å². The van der Waals surface area contributed by atoms with Crippen LogP contribution >= 0.6 is 22.9 Å². The summed E-state index contributed by atoms with van der Waals surface area (Å²) in [6, 6.07) is 7.31. The largest absolute Gasteiger partial charge is 0.493 e. The van der Waals surface area contributed by atoms with Gasteiger partial charge in [0, 0.05) is 10.4 Å². The predicted octanol–water partition coefficient (Wildman–Crippen LogP) is 4.28. The number of methoxy groups -OCH3 is 2. The molecule has 0 bridgehead atoms. The van der Waals surface area contributed by atoms with Crippen molar-refractivity contribution >= 4 is 35.1 Å². The molecule has 0 saturated heterocycles. The van der Waals surface area contributed by atoms with Crippen molar-refractivity contribution in [2.45, 2.75) is 19.9 Å². The molecule has 1 aromatic carbocycles. The first-order valence-corrected chi connectivity index (χ1v) is 9.61. The highest BCUT2D eigenvalue weighted by Crippen LogP contribution is 2.35. The van der Waals surface area contributed by atoms with E-state index < -0.39 is 0 Å². The van der Waals surface area contributed by atoms with E-state index in [-0.39, 0.29) is 24.5 Å². The van der Waals surface area contributed by atoms with Crippen LogP contribution in [0.15, 0.2) is 34.8 Å². The molecule has 6 nitrogen and oxygen atoms in total. The fourth-order valence-electron chi connectivity index (χ4n) is 2.46. The number of oxime groups is 1. The molecular formula is C19H23ClN2O4S. The summed E-state index contributed by atoms with van der Waals surface area (Å²) in [5.41, 5.74) is 0.664. The number of carbonyl (C=O) groups is 1. The van der Waals surface area contributed by atoms with Gasteiger partial charge in [-0.15, -0.1) is 11.3 Å². The first kappa shape index (κ1) is 21.1. The molecule has 0 fully saturated rings. The first-order valence-electron chi connectivity index (χ1n) is 8.35. The van der Waals surface area contributed by atoms with Crippen molar-refractivity contribution in [2.24, 2.45) is 11.1 Å². The van der Waals surface area contributed by atoms with Gasteiger partial charge in [0.1, 0.15) is 0 Å². The molecule has 146 valence electrons. The van der Waals surface area contributed by atoms with E-state index in [2.05, 4.69) is 24.3 Å². The van der Waals surface area contributed by atoms with Crippen molar-refractivity contribution in [3.05, 3.63) is 45.1 Å². The number of thiophene rings is 1. The van der Waals surface area contributed by atoms with Crippen LogP contribution in [0.1, 0.15) is 30.3 Å². The van der Waals surface area contributed by atoms with Crippen LogP contribution < -0.4 is 14.8 Å². The lowest BCUT2D eigenvalue weighted by molar-refractivity contribution is -0.126. The van der Waals surface area contributed by atoms with E-state index in [9.17, 15) is 4.79 Å². The molecule has 2 aromatic rings. The van der Waals surface area contributed by atoms with Gasteiger partial charge in [0.2, 0.25) is 0 Å². The van der Waals surface area contributed by atoms with E-state index in [0.717, 1.165) is 4.88 Å². The van der Waals surface area contributed by atoms with Crippen LogP contribution in [0, 0.1) is 5.92 Å². The Labute approximate surface area is 168 Å². The van der Waals surface area contributed by atoms with Crippen LogP contribution in [0.3, 0.4) is 0 Å². The van der Waals surface area contributed by atoms with Gasteiger partial charge in [-0.25, -0.2) is 0 Å². The van der Waals surface area contributed by atoms with Gasteiger partial charge in [0.05, 0.1) is 31.5 Å². The first-order chi connectivity index (χ1) is 13.0. The van der Waals surface area contributed by atoms with E-state index >= 15 is 0 Å². The number of halogens is 1. The monoisotopic (exact) mass is 410 g/mol. The van der Waals surface area contributed by atoms with Gasteiger partial charge in [0.25, 0.3) is 5.91 Å². The smallest absolute Gasteiger partial charge is 0.261 e. The maximum absolute atomic E-state index is 12.1. The number of hydrogen-bond acceptors (Lipinski definition) is 6. The lowest BCUT2D eigenvalue weighted by Gasteiger charge is -2.20. The van der Waals surface area contributed by atoms with Crippen molar-refractivity contribution in [3.8, 4) is 11.5 Å². The third kappa shape index (κ3) is 5.87. The lowest BCUT2D eigenvalue weighted by Crippen LogP contribution is -2.33. The van der Waals surface area contributed by atoms with Gasteiger partial charge in [-0.2, -0.15) is 0 Å². The molecule has 27 heavy (non-hydrogen) atoms. The quantitative estimate of drug-likeness (QED) is 0.494. The van der Waals surface area contributed by atoms with Gasteiger partial charge in [-0.3, -0.25) is 4.79 Å². The standard InChI is InChI=1S/C19H23ClN2O4S/c1-12(2)18(16-6-5-7-27-16)22-17(23)11-26-21-10-13-8-14(20)19(25-4)15(9-13)24-3/h5-10,12,18H,11H2,1-4H3,(H,22,23)/b21-10+. The molecule has 0 radical (unpaired) electrons. The zero-order valence-corrected chi connectivity index (χ0v) is 17.3. The zero-order valence-electron chi connectivity index (χ0n) is 15.7. The SMILES string of the molecule is COc1cc(/C=N/OCC(=O)NC(c2cccs2)C(C)C)cc(Cl)c1OC. The van der Waals surface area contributed by atoms with Crippen molar-refractivity contribution in [3.63, 3.8) is 0 Å². The summed E-state index contributed by atoms with van der Waals surface area (Å²) >= 11 is 7.76.